The number of hydrogen-bond donors (Lipinski definition) is 1. The third kappa shape index (κ3) is 3.65. The zero-order valence-corrected chi connectivity index (χ0v) is 9.22. The number of rotatable bonds is 2. The van der Waals surface area contributed by atoms with Crippen molar-refractivity contribution >= 4 is 0 Å². The topological polar surface area (TPSA) is 53.1 Å². The van der Waals surface area contributed by atoms with Crippen LogP contribution in [-0.2, 0) is 0 Å². The van der Waals surface area contributed by atoms with Gasteiger partial charge in [0.25, 0.3) is 0 Å². The Balaban J connectivity index is 2.42. The average Bonchev–Trinajstić information content (AvgIpc) is 2.16. The van der Waals surface area contributed by atoms with Gasteiger partial charge in [0.1, 0.15) is 5.54 Å². The van der Waals surface area contributed by atoms with Crippen LogP contribution in [0.25, 0.3) is 0 Å². The molecule has 0 saturated carbocycles. The van der Waals surface area contributed by atoms with Crippen molar-refractivity contribution in [3.05, 3.63) is 0 Å². The molecule has 1 heterocycles. The summed E-state index contributed by atoms with van der Waals surface area (Å²) in [7, 11) is 0. The van der Waals surface area contributed by atoms with Crippen LogP contribution in [0.2, 0.25) is 0 Å². The van der Waals surface area contributed by atoms with Crippen LogP contribution in [0.5, 0.6) is 0 Å². The van der Waals surface area contributed by atoms with E-state index in [0.717, 1.165) is 0 Å². The van der Waals surface area contributed by atoms with Crippen molar-refractivity contribution in [3.8, 4) is 6.07 Å². The summed E-state index contributed by atoms with van der Waals surface area (Å²) in [6.45, 7) is 2.63. The number of alkyl halides is 3. The van der Waals surface area contributed by atoms with Crippen molar-refractivity contribution in [2.24, 2.45) is 11.7 Å². The number of nitrogens with two attached hydrogens (primary N) is 1. The molecular weight excluding hydrogens is 219 g/mol. The predicted octanol–water partition coefficient (Wildman–Crippen LogP) is 1.50. The minimum atomic E-state index is -4.09. The normalized spacial score (nSPS) is 23.8. The smallest absolute Gasteiger partial charge is 0.313 e. The van der Waals surface area contributed by atoms with E-state index in [1.807, 2.05) is 11.0 Å². The highest BCUT2D eigenvalue weighted by molar-refractivity contribution is 5.03. The third-order valence-electron chi connectivity index (χ3n) is 2.86. The van der Waals surface area contributed by atoms with E-state index in [2.05, 4.69) is 0 Å². The first kappa shape index (κ1) is 13.3. The van der Waals surface area contributed by atoms with Gasteiger partial charge in [0.2, 0.25) is 0 Å². The summed E-state index contributed by atoms with van der Waals surface area (Å²) < 4.78 is 37.1. The van der Waals surface area contributed by atoms with E-state index in [4.69, 9.17) is 11.0 Å². The van der Waals surface area contributed by atoms with Gasteiger partial charge in [-0.05, 0) is 32.9 Å². The van der Waals surface area contributed by atoms with Gasteiger partial charge in [-0.3, -0.25) is 0 Å². The lowest BCUT2D eigenvalue weighted by Gasteiger charge is -2.35. The fraction of sp³-hybridized carbons (Fsp3) is 0.900. The van der Waals surface area contributed by atoms with Crippen LogP contribution >= 0.6 is 0 Å². The van der Waals surface area contributed by atoms with Gasteiger partial charge in [-0.15, -0.1) is 0 Å². The highest BCUT2D eigenvalue weighted by atomic mass is 19.4. The Morgan fingerprint density at radius 2 is 1.88 bits per heavy atom. The average molecular weight is 235 g/mol. The van der Waals surface area contributed by atoms with Gasteiger partial charge in [0.05, 0.1) is 12.0 Å². The Morgan fingerprint density at radius 3 is 2.25 bits per heavy atom. The molecule has 0 spiro atoms. The summed E-state index contributed by atoms with van der Waals surface area (Å²) in [6, 6.07) is 1.94. The summed E-state index contributed by atoms with van der Waals surface area (Å²) in [5, 5.41) is 8.72. The summed E-state index contributed by atoms with van der Waals surface area (Å²) in [5.41, 5.74) is 4.66. The van der Waals surface area contributed by atoms with Gasteiger partial charge in [0, 0.05) is 6.54 Å². The number of piperidine rings is 1. The van der Waals surface area contributed by atoms with Crippen LogP contribution in [0, 0.1) is 17.2 Å². The van der Waals surface area contributed by atoms with Crippen LogP contribution in [0.15, 0.2) is 0 Å². The minimum Gasteiger partial charge on any atom is -0.313 e. The van der Waals surface area contributed by atoms with Crippen molar-refractivity contribution < 1.29 is 13.2 Å². The second kappa shape index (κ2) is 4.60. The Bertz CT molecular complexity index is 272. The van der Waals surface area contributed by atoms with Gasteiger partial charge in [0.15, 0.2) is 0 Å². The van der Waals surface area contributed by atoms with E-state index in [9.17, 15) is 13.2 Å². The fourth-order valence-corrected chi connectivity index (χ4v) is 1.92. The Labute approximate surface area is 93.0 Å². The molecule has 1 atom stereocenters. The monoisotopic (exact) mass is 235 g/mol. The lowest BCUT2D eigenvalue weighted by atomic mass is 9.95. The Morgan fingerprint density at radius 1 is 1.38 bits per heavy atom. The summed E-state index contributed by atoms with van der Waals surface area (Å²) >= 11 is 0. The van der Waals surface area contributed by atoms with Gasteiger partial charge >= 0.3 is 6.18 Å². The van der Waals surface area contributed by atoms with Crippen molar-refractivity contribution in [3.63, 3.8) is 0 Å². The maximum atomic E-state index is 12.4. The molecule has 1 fully saturated rings. The van der Waals surface area contributed by atoms with Gasteiger partial charge in [-0.2, -0.15) is 18.4 Å². The number of hydrogen-bond acceptors (Lipinski definition) is 3. The molecule has 16 heavy (non-hydrogen) atoms. The first-order valence-corrected chi connectivity index (χ1v) is 5.24. The molecule has 1 unspecified atom stereocenters. The minimum absolute atomic E-state index is 0.102. The van der Waals surface area contributed by atoms with E-state index < -0.39 is 17.6 Å². The van der Waals surface area contributed by atoms with Crippen molar-refractivity contribution in [2.75, 3.05) is 19.6 Å². The Hall–Kier alpha value is -0.800. The van der Waals surface area contributed by atoms with E-state index >= 15 is 0 Å². The van der Waals surface area contributed by atoms with Crippen molar-refractivity contribution in [2.45, 2.75) is 31.5 Å². The second-order valence-corrected chi connectivity index (χ2v) is 4.62. The molecule has 0 aromatic carbocycles. The van der Waals surface area contributed by atoms with Crippen LogP contribution in [0.3, 0.4) is 0 Å². The molecule has 6 heteroatoms. The molecule has 1 saturated heterocycles. The Kier molecular flexibility index (Phi) is 3.81. The molecule has 1 aliphatic heterocycles. The molecular formula is C10H16F3N3. The highest BCUT2D eigenvalue weighted by Crippen LogP contribution is 2.34. The summed E-state index contributed by atoms with van der Waals surface area (Å²) in [6.07, 6.45) is -3.89. The van der Waals surface area contributed by atoms with Gasteiger partial charge < -0.3 is 10.6 Å². The summed E-state index contributed by atoms with van der Waals surface area (Å²) in [5.74, 6) is -1.20. The maximum Gasteiger partial charge on any atom is 0.391 e. The van der Waals surface area contributed by atoms with Gasteiger partial charge in [-0.1, -0.05) is 0 Å². The highest BCUT2D eigenvalue weighted by Gasteiger charge is 2.41. The van der Waals surface area contributed by atoms with Crippen LogP contribution < -0.4 is 5.73 Å². The van der Waals surface area contributed by atoms with Crippen LogP contribution in [0.4, 0.5) is 13.2 Å². The summed E-state index contributed by atoms with van der Waals surface area (Å²) in [4.78, 5) is 1.82. The molecule has 0 radical (unpaired) electrons. The van der Waals surface area contributed by atoms with E-state index in [0.29, 0.717) is 19.6 Å². The molecule has 0 amide bonds. The molecule has 0 aliphatic carbocycles. The lowest BCUT2D eigenvalue weighted by molar-refractivity contribution is -0.185. The zero-order chi connectivity index (χ0) is 12.4. The van der Waals surface area contributed by atoms with E-state index in [1.54, 1.807) is 6.92 Å². The third-order valence-corrected chi connectivity index (χ3v) is 2.86. The van der Waals surface area contributed by atoms with Crippen LogP contribution in [0.1, 0.15) is 19.8 Å². The number of halogens is 3. The van der Waals surface area contributed by atoms with Crippen molar-refractivity contribution in [1.29, 1.82) is 5.26 Å². The maximum absolute atomic E-state index is 12.4. The predicted molar refractivity (Wildman–Crippen MR) is 53.4 cm³/mol. The molecule has 0 aromatic rings. The van der Waals surface area contributed by atoms with Crippen LogP contribution in [-0.4, -0.2) is 36.2 Å². The fourth-order valence-electron chi connectivity index (χ4n) is 1.92. The quantitative estimate of drug-likeness (QED) is 0.789. The zero-order valence-electron chi connectivity index (χ0n) is 9.22. The number of nitrogens with zero attached hydrogens (tertiary/aromatic N) is 2. The standard InChI is InChI=1S/C10H16F3N3/c1-9(15,6-14)7-16-4-2-8(3-5-16)10(11,12)13/h8H,2-5,7,15H2,1H3. The second-order valence-electron chi connectivity index (χ2n) is 4.62. The lowest BCUT2D eigenvalue weighted by Crippen LogP contribution is -2.50. The van der Waals surface area contributed by atoms with Gasteiger partial charge in [-0.25, -0.2) is 0 Å². The first-order valence-electron chi connectivity index (χ1n) is 5.24. The van der Waals surface area contributed by atoms with Crippen molar-refractivity contribution in [1.82, 2.24) is 4.90 Å². The van der Waals surface area contributed by atoms with E-state index in [-0.39, 0.29) is 12.8 Å². The molecule has 0 aromatic heterocycles. The molecule has 92 valence electrons. The molecule has 2 N–H and O–H groups in total. The molecule has 0 bridgehead atoms. The number of likely N-dealkylation sites (tertiary alicyclic amines) is 1. The SMILES string of the molecule is CC(N)(C#N)CN1CCC(C(F)(F)F)CC1. The first-order chi connectivity index (χ1) is 7.24. The molecule has 1 aliphatic rings. The largest absolute Gasteiger partial charge is 0.391 e. The molecule has 3 nitrogen and oxygen atoms in total. The number of nitriles is 1. The molecule has 1 rings (SSSR count). The van der Waals surface area contributed by atoms with E-state index in [1.165, 1.54) is 0 Å².